The van der Waals surface area contributed by atoms with Gasteiger partial charge in [0.25, 0.3) is 5.91 Å². The normalized spacial score (nSPS) is 19.3. The fourth-order valence-corrected chi connectivity index (χ4v) is 6.39. The molecule has 0 unspecified atom stereocenters. The monoisotopic (exact) mass is 458 g/mol. The Balaban J connectivity index is 1.57. The van der Waals surface area contributed by atoms with E-state index in [0.29, 0.717) is 25.9 Å². The van der Waals surface area contributed by atoms with Crippen molar-refractivity contribution in [2.24, 2.45) is 5.73 Å². The maximum atomic E-state index is 13.5. The zero-order valence-corrected chi connectivity index (χ0v) is 20.2. The highest BCUT2D eigenvalue weighted by atomic mass is 32.1. The number of thiophene rings is 1. The van der Waals surface area contributed by atoms with E-state index < -0.39 is 5.54 Å². The smallest absolute Gasteiger partial charge is 0.264 e. The topological polar surface area (TPSA) is 95.7 Å². The van der Waals surface area contributed by atoms with Crippen molar-refractivity contribution in [2.45, 2.75) is 58.4 Å². The lowest BCUT2D eigenvalue weighted by Gasteiger charge is -2.48. The van der Waals surface area contributed by atoms with Gasteiger partial charge in [-0.2, -0.15) is 0 Å². The maximum absolute atomic E-state index is 13.5. The Morgan fingerprint density at radius 2 is 1.75 bits per heavy atom. The van der Waals surface area contributed by atoms with E-state index in [-0.39, 0.29) is 11.8 Å². The molecule has 0 spiro atoms. The molecule has 0 aromatic carbocycles. The number of amides is 2. The van der Waals surface area contributed by atoms with Gasteiger partial charge in [0.15, 0.2) is 0 Å². The van der Waals surface area contributed by atoms with Crippen LogP contribution in [0.1, 0.15) is 61.2 Å². The predicted molar refractivity (Wildman–Crippen MR) is 128 cm³/mol. The molecule has 2 aliphatic heterocycles. The summed E-state index contributed by atoms with van der Waals surface area (Å²) in [6.45, 7) is 10.8. The molecule has 174 valence electrons. The van der Waals surface area contributed by atoms with Crippen LogP contribution in [0.5, 0.6) is 0 Å². The van der Waals surface area contributed by atoms with Gasteiger partial charge in [0.2, 0.25) is 5.91 Å². The van der Waals surface area contributed by atoms with Gasteiger partial charge < -0.3 is 15.5 Å². The third-order valence-electron chi connectivity index (χ3n) is 7.26. The summed E-state index contributed by atoms with van der Waals surface area (Å²) in [5.41, 5.74) is 6.24. The lowest BCUT2D eigenvalue weighted by molar-refractivity contribution is -0.134. The van der Waals surface area contributed by atoms with Gasteiger partial charge in [-0.25, -0.2) is 9.97 Å². The molecule has 4 heterocycles. The largest absolute Gasteiger partial charge is 0.368 e. The quantitative estimate of drug-likeness (QED) is 0.715. The van der Waals surface area contributed by atoms with E-state index >= 15 is 0 Å². The molecule has 0 atom stereocenters. The molecule has 2 aliphatic rings. The van der Waals surface area contributed by atoms with Gasteiger partial charge in [0.05, 0.1) is 10.3 Å². The van der Waals surface area contributed by atoms with Crippen LogP contribution in [0.3, 0.4) is 0 Å². The van der Waals surface area contributed by atoms with Gasteiger partial charge in [-0.05, 0) is 65.1 Å². The number of fused-ring (bicyclic) bond motifs is 1. The summed E-state index contributed by atoms with van der Waals surface area (Å²) < 4.78 is 0. The lowest BCUT2D eigenvalue weighted by Crippen LogP contribution is -2.63. The van der Waals surface area contributed by atoms with Gasteiger partial charge in [0.1, 0.15) is 22.5 Å². The molecule has 32 heavy (non-hydrogen) atoms. The summed E-state index contributed by atoms with van der Waals surface area (Å²) in [5.74, 6) is 0.667. The van der Waals surface area contributed by atoms with Crippen molar-refractivity contribution in [3.05, 3.63) is 16.8 Å². The number of primary amides is 1. The summed E-state index contributed by atoms with van der Waals surface area (Å²) in [6.07, 6.45) is 6.20. The highest BCUT2D eigenvalue weighted by molar-refractivity contribution is 7.20. The van der Waals surface area contributed by atoms with Crippen molar-refractivity contribution < 1.29 is 9.59 Å². The molecule has 2 N–H and O–H groups in total. The first-order valence-electron chi connectivity index (χ1n) is 11.8. The van der Waals surface area contributed by atoms with Crippen LogP contribution in [0.4, 0.5) is 5.82 Å². The molecule has 2 fully saturated rings. The number of nitrogens with zero attached hydrogens (tertiary/aromatic N) is 5. The number of carbonyl (C=O) groups excluding carboxylic acids is 2. The molecule has 2 amide bonds. The maximum Gasteiger partial charge on any atom is 0.264 e. The van der Waals surface area contributed by atoms with E-state index in [9.17, 15) is 9.59 Å². The molecule has 9 heteroatoms. The number of aryl methyl sites for hydroxylation is 1. The number of anilines is 1. The number of nitrogens with two attached hydrogens (primary N) is 1. The first-order valence-corrected chi connectivity index (χ1v) is 12.6. The Morgan fingerprint density at radius 3 is 2.34 bits per heavy atom. The fraction of sp³-hybridized carbons (Fsp3) is 0.652. The Kier molecular flexibility index (Phi) is 6.67. The van der Waals surface area contributed by atoms with Crippen molar-refractivity contribution in [2.75, 3.05) is 44.2 Å². The van der Waals surface area contributed by atoms with Crippen LogP contribution < -0.4 is 10.6 Å². The number of rotatable bonds is 6. The molecular formula is C23H34N6O2S. The molecule has 0 saturated carbocycles. The minimum Gasteiger partial charge on any atom is -0.368 e. The fourth-order valence-electron chi connectivity index (χ4n) is 5.28. The van der Waals surface area contributed by atoms with Crippen LogP contribution >= 0.6 is 11.3 Å². The van der Waals surface area contributed by atoms with E-state index in [4.69, 9.17) is 5.73 Å². The summed E-state index contributed by atoms with van der Waals surface area (Å²) >= 11 is 1.44. The van der Waals surface area contributed by atoms with Crippen LogP contribution in [-0.4, -0.2) is 76.4 Å². The molecule has 2 saturated heterocycles. The first kappa shape index (κ1) is 22.9. The van der Waals surface area contributed by atoms with E-state index in [0.717, 1.165) is 65.5 Å². The average molecular weight is 459 g/mol. The average Bonchev–Trinajstić information content (AvgIpc) is 3.17. The van der Waals surface area contributed by atoms with Gasteiger partial charge in [0, 0.05) is 26.2 Å². The Morgan fingerprint density at radius 1 is 1.09 bits per heavy atom. The molecule has 0 radical (unpaired) electrons. The van der Waals surface area contributed by atoms with Crippen molar-refractivity contribution in [1.82, 2.24) is 19.8 Å². The predicted octanol–water partition coefficient (Wildman–Crippen LogP) is 2.79. The second kappa shape index (κ2) is 9.31. The third-order valence-corrected chi connectivity index (χ3v) is 8.45. The summed E-state index contributed by atoms with van der Waals surface area (Å²) in [6, 6.07) is 0. The van der Waals surface area contributed by atoms with Gasteiger partial charge in [-0.1, -0.05) is 6.42 Å². The molecule has 2 aromatic heterocycles. The number of hydrogen-bond acceptors (Lipinski definition) is 7. The zero-order valence-electron chi connectivity index (χ0n) is 19.4. The second-order valence-corrected chi connectivity index (χ2v) is 9.84. The van der Waals surface area contributed by atoms with Crippen molar-refractivity contribution >= 4 is 39.2 Å². The molecule has 4 rings (SSSR count). The number of hydrogen-bond donors (Lipinski definition) is 1. The molecular weight excluding hydrogens is 424 g/mol. The second-order valence-electron chi connectivity index (χ2n) is 8.84. The van der Waals surface area contributed by atoms with Crippen LogP contribution in [-0.2, 0) is 4.79 Å². The minimum atomic E-state index is -0.617. The molecule has 2 aromatic rings. The van der Waals surface area contributed by atoms with E-state index in [2.05, 4.69) is 33.6 Å². The van der Waals surface area contributed by atoms with Crippen molar-refractivity contribution in [3.63, 3.8) is 0 Å². The van der Waals surface area contributed by atoms with Crippen molar-refractivity contribution in [3.8, 4) is 0 Å². The Bertz CT molecular complexity index is 988. The van der Waals surface area contributed by atoms with E-state index in [1.165, 1.54) is 17.8 Å². The minimum absolute atomic E-state index is 0.0210. The molecule has 0 bridgehead atoms. The zero-order chi connectivity index (χ0) is 22.9. The Labute approximate surface area is 193 Å². The number of aromatic nitrogens is 2. The van der Waals surface area contributed by atoms with Crippen LogP contribution in [0.2, 0.25) is 0 Å². The van der Waals surface area contributed by atoms with E-state index in [1.807, 2.05) is 11.8 Å². The van der Waals surface area contributed by atoms with Crippen LogP contribution in [0.15, 0.2) is 6.33 Å². The third kappa shape index (κ3) is 3.85. The number of likely N-dealkylation sites (tertiary alicyclic amines) is 2. The highest BCUT2D eigenvalue weighted by Crippen LogP contribution is 2.37. The lowest BCUT2D eigenvalue weighted by atomic mass is 9.83. The number of carbonyl (C=O) groups is 2. The molecule has 8 nitrogen and oxygen atoms in total. The summed E-state index contributed by atoms with van der Waals surface area (Å²) in [4.78, 5) is 42.9. The van der Waals surface area contributed by atoms with Gasteiger partial charge in [-0.3, -0.25) is 14.5 Å². The standard InChI is InChI=1S/C23H34N6O2S/c1-4-27(5-2)19-17-16(3)18(32-20(17)26-15-25-19)21(30)28-13-9-23(10-14-28,22(24)31)29-11-7-6-8-12-29/h15H,4-14H2,1-3H3,(H2,24,31). The van der Waals surface area contributed by atoms with Crippen molar-refractivity contribution in [1.29, 1.82) is 0 Å². The number of piperidine rings is 2. The van der Waals surface area contributed by atoms with Crippen LogP contribution in [0, 0.1) is 6.92 Å². The first-order chi connectivity index (χ1) is 15.4. The highest BCUT2D eigenvalue weighted by Gasteiger charge is 2.46. The van der Waals surface area contributed by atoms with E-state index in [1.54, 1.807) is 6.33 Å². The summed E-state index contributed by atoms with van der Waals surface area (Å²) in [5, 5.41) is 0.973. The Hall–Kier alpha value is -2.26. The summed E-state index contributed by atoms with van der Waals surface area (Å²) in [7, 11) is 0. The van der Waals surface area contributed by atoms with Crippen LogP contribution in [0.25, 0.3) is 10.2 Å². The SMILES string of the molecule is CCN(CC)c1ncnc2sc(C(=O)N3CCC(C(N)=O)(N4CCCCC4)CC3)c(C)c12. The van der Waals surface area contributed by atoms with Gasteiger partial charge >= 0.3 is 0 Å². The van der Waals surface area contributed by atoms with Gasteiger partial charge in [-0.15, -0.1) is 11.3 Å². The molecule has 0 aliphatic carbocycles.